The summed E-state index contributed by atoms with van der Waals surface area (Å²) in [6.07, 6.45) is 7.75. The average molecular weight is 202 g/mol. The molecule has 15 heavy (non-hydrogen) atoms. The lowest BCUT2D eigenvalue weighted by Gasteiger charge is -2.30. The highest BCUT2D eigenvalue weighted by atomic mass is 16.4. The number of allylic oxidation sites excluding steroid dienone is 2. The predicted octanol–water partition coefficient (Wildman–Crippen LogP) is 2.44. The minimum Gasteiger partial charge on any atom is -0.450 e. The first-order valence-electron chi connectivity index (χ1n) is 5.10. The van der Waals surface area contributed by atoms with Gasteiger partial charge in [0.2, 0.25) is 0 Å². The van der Waals surface area contributed by atoms with Crippen LogP contribution in [0.5, 0.6) is 0 Å². The van der Waals surface area contributed by atoms with E-state index in [-0.39, 0.29) is 11.8 Å². The Morgan fingerprint density at radius 3 is 1.80 bits per heavy atom. The van der Waals surface area contributed by atoms with Crippen LogP contribution in [0.4, 0.5) is 0 Å². The van der Waals surface area contributed by atoms with Crippen LogP contribution in [0.15, 0.2) is 16.6 Å². The Kier molecular flexibility index (Phi) is 1.69. The molecule has 1 heterocycles. The third kappa shape index (κ3) is 1.00. The largest absolute Gasteiger partial charge is 0.450 e. The third-order valence-electron chi connectivity index (χ3n) is 3.36. The second-order valence-corrected chi connectivity index (χ2v) is 4.07. The van der Waals surface area contributed by atoms with Crippen molar-refractivity contribution >= 4 is 12.6 Å². The van der Waals surface area contributed by atoms with Gasteiger partial charge in [0.25, 0.3) is 0 Å². The van der Waals surface area contributed by atoms with Crippen LogP contribution in [-0.2, 0) is 0 Å². The first-order valence-corrected chi connectivity index (χ1v) is 5.10. The highest BCUT2D eigenvalue weighted by Crippen LogP contribution is 2.48. The van der Waals surface area contributed by atoms with Gasteiger partial charge in [0.15, 0.2) is 24.1 Å². The Labute approximate surface area is 86.8 Å². The lowest BCUT2D eigenvalue weighted by Crippen LogP contribution is -2.17. The van der Waals surface area contributed by atoms with E-state index >= 15 is 0 Å². The summed E-state index contributed by atoms with van der Waals surface area (Å²) in [5.74, 6) is 1.21. The number of rotatable bonds is 2. The number of carbonyl (C=O) groups excluding carboxylic acids is 2. The fourth-order valence-electron chi connectivity index (χ4n) is 2.73. The molecular weight excluding hydrogens is 192 g/mol. The zero-order valence-electron chi connectivity index (χ0n) is 8.10. The van der Waals surface area contributed by atoms with Crippen LogP contribution in [0.2, 0.25) is 0 Å². The van der Waals surface area contributed by atoms with Crippen LogP contribution in [0.3, 0.4) is 0 Å². The Morgan fingerprint density at radius 1 is 1.00 bits per heavy atom. The summed E-state index contributed by atoms with van der Waals surface area (Å²) in [6, 6.07) is 0. The van der Waals surface area contributed by atoms with E-state index in [1.54, 1.807) is 0 Å². The van der Waals surface area contributed by atoms with Crippen LogP contribution in [0.1, 0.15) is 56.9 Å². The van der Waals surface area contributed by atoms with Crippen molar-refractivity contribution in [2.45, 2.75) is 24.7 Å². The van der Waals surface area contributed by atoms with Gasteiger partial charge in [0.1, 0.15) is 0 Å². The van der Waals surface area contributed by atoms with Crippen LogP contribution in [0.25, 0.3) is 0 Å². The van der Waals surface area contributed by atoms with Crippen molar-refractivity contribution in [1.82, 2.24) is 0 Å². The summed E-state index contributed by atoms with van der Waals surface area (Å²) in [5, 5.41) is 0. The molecule has 1 aromatic heterocycles. The van der Waals surface area contributed by atoms with Gasteiger partial charge in [-0.1, -0.05) is 12.2 Å². The molecule has 4 rings (SSSR count). The fraction of sp³-hybridized carbons (Fsp3) is 0.333. The van der Waals surface area contributed by atoms with Crippen LogP contribution >= 0.6 is 0 Å². The molecular formula is C12H10O3. The topological polar surface area (TPSA) is 47.3 Å². The van der Waals surface area contributed by atoms with Crippen molar-refractivity contribution in [2.75, 3.05) is 0 Å². The normalized spacial score (nSPS) is 26.4. The van der Waals surface area contributed by atoms with Crippen molar-refractivity contribution < 1.29 is 14.0 Å². The van der Waals surface area contributed by atoms with E-state index in [2.05, 4.69) is 12.2 Å². The molecule has 2 unspecified atom stereocenters. The molecule has 3 heteroatoms. The van der Waals surface area contributed by atoms with Crippen LogP contribution in [-0.4, -0.2) is 12.6 Å². The van der Waals surface area contributed by atoms with Gasteiger partial charge >= 0.3 is 0 Å². The van der Waals surface area contributed by atoms with Crippen LogP contribution < -0.4 is 0 Å². The minimum absolute atomic E-state index is 0.266. The quantitative estimate of drug-likeness (QED) is 0.546. The zero-order valence-corrected chi connectivity index (χ0v) is 8.10. The summed E-state index contributed by atoms with van der Waals surface area (Å²) in [5.41, 5.74) is 1.90. The molecule has 3 nitrogen and oxygen atoms in total. The van der Waals surface area contributed by atoms with Gasteiger partial charge in [-0.3, -0.25) is 9.59 Å². The van der Waals surface area contributed by atoms with Crippen molar-refractivity contribution in [3.63, 3.8) is 0 Å². The molecule has 0 N–H and O–H groups in total. The van der Waals surface area contributed by atoms with Crippen molar-refractivity contribution in [1.29, 1.82) is 0 Å². The fourth-order valence-corrected chi connectivity index (χ4v) is 2.73. The molecule has 0 fully saturated rings. The molecule has 0 spiro atoms. The highest BCUT2D eigenvalue weighted by Gasteiger charge is 2.36. The zero-order chi connectivity index (χ0) is 10.4. The number of hydrogen-bond donors (Lipinski definition) is 0. The van der Waals surface area contributed by atoms with Gasteiger partial charge in [-0.15, -0.1) is 0 Å². The number of hydrogen-bond acceptors (Lipinski definition) is 3. The van der Waals surface area contributed by atoms with E-state index in [0.717, 1.165) is 24.0 Å². The molecule has 0 aliphatic heterocycles. The monoisotopic (exact) mass is 202 g/mol. The summed E-state index contributed by atoms with van der Waals surface area (Å²) in [7, 11) is 0. The smallest absolute Gasteiger partial charge is 0.185 e. The van der Waals surface area contributed by atoms with E-state index in [4.69, 9.17) is 4.42 Å². The second-order valence-electron chi connectivity index (χ2n) is 4.07. The summed E-state index contributed by atoms with van der Waals surface area (Å²) in [4.78, 5) is 21.7. The van der Waals surface area contributed by atoms with Gasteiger partial charge in [0.05, 0.1) is 0 Å². The molecule has 0 saturated heterocycles. The Hall–Kier alpha value is -1.64. The molecule has 3 aliphatic rings. The maximum absolute atomic E-state index is 10.9. The van der Waals surface area contributed by atoms with Gasteiger partial charge in [-0.25, -0.2) is 0 Å². The van der Waals surface area contributed by atoms with E-state index in [1.807, 2.05) is 0 Å². The average Bonchev–Trinajstić information content (AvgIpc) is 2.71. The highest BCUT2D eigenvalue weighted by molar-refractivity contribution is 5.83. The molecule has 1 aromatic rings. The number of furan rings is 1. The number of carbonyl (C=O) groups is 2. The molecule has 3 aliphatic carbocycles. The third-order valence-corrected chi connectivity index (χ3v) is 3.36. The van der Waals surface area contributed by atoms with Crippen molar-refractivity contribution in [2.24, 2.45) is 0 Å². The lowest BCUT2D eigenvalue weighted by molar-refractivity contribution is 0.108. The molecule has 0 aromatic carbocycles. The molecule has 0 amide bonds. The van der Waals surface area contributed by atoms with Gasteiger partial charge in [0, 0.05) is 23.0 Å². The van der Waals surface area contributed by atoms with Crippen molar-refractivity contribution in [3.05, 3.63) is 34.8 Å². The van der Waals surface area contributed by atoms with Crippen molar-refractivity contribution in [3.8, 4) is 0 Å². The first kappa shape index (κ1) is 8.65. The van der Waals surface area contributed by atoms with E-state index < -0.39 is 0 Å². The minimum atomic E-state index is 0.266. The molecule has 0 radical (unpaired) electrons. The van der Waals surface area contributed by atoms with Gasteiger partial charge < -0.3 is 4.42 Å². The van der Waals surface area contributed by atoms with E-state index in [1.165, 1.54) is 0 Å². The SMILES string of the molecule is O=Cc1oc(C=O)c2c1C1C=CC2CC1. The van der Waals surface area contributed by atoms with E-state index in [0.29, 0.717) is 24.1 Å². The Balaban J connectivity index is 2.29. The standard InChI is InChI=1S/C12H10O3/c13-5-9-11-7-1-2-8(4-3-7)12(11)10(6-14)15-9/h1-2,5-8H,3-4H2. The molecule has 0 saturated carbocycles. The summed E-state index contributed by atoms with van der Waals surface area (Å²) in [6.45, 7) is 0. The number of aldehydes is 2. The Morgan fingerprint density at radius 2 is 1.47 bits per heavy atom. The maximum atomic E-state index is 10.9. The maximum Gasteiger partial charge on any atom is 0.185 e. The van der Waals surface area contributed by atoms with Gasteiger partial charge in [-0.05, 0) is 12.8 Å². The summed E-state index contributed by atoms with van der Waals surface area (Å²) < 4.78 is 5.27. The van der Waals surface area contributed by atoms with E-state index in [9.17, 15) is 9.59 Å². The lowest BCUT2D eigenvalue weighted by atomic mass is 9.72. The van der Waals surface area contributed by atoms with Gasteiger partial charge in [-0.2, -0.15) is 0 Å². The summed E-state index contributed by atoms with van der Waals surface area (Å²) >= 11 is 0. The van der Waals surface area contributed by atoms with Crippen LogP contribution in [0, 0.1) is 0 Å². The molecule has 76 valence electrons. The Bertz CT molecular complexity index is 427. The first-order chi connectivity index (χ1) is 7.35. The molecule has 2 bridgehead atoms. The molecule has 2 atom stereocenters. The predicted molar refractivity (Wildman–Crippen MR) is 53.3 cm³/mol. The second kappa shape index (κ2) is 2.92. The number of fused-ring (bicyclic) bond motifs is 1.